The van der Waals surface area contributed by atoms with Gasteiger partial charge in [0.1, 0.15) is 0 Å². The average Bonchev–Trinajstić information content (AvgIpc) is 3.31. The van der Waals surface area contributed by atoms with Crippen LogP contribution in [0.3, 0.4) is 0 Å². The van der Waals surface area contributed by atoms with E-state index in [1.807, 2.05) is 101 Å². The summed E-state index contributed by atoms with van der Waals surface area (Å²) in [7, 11) is 0. The predicted molar refractivity (Wildman–Crippen MR) is 130 cm³/mol. The van der Waals surface area contributed by atoms with Gasteiger partial charge in [-0.25, -0.2) is 0 Å². The fraction of sp³-hybridized carbons (Fsp3) is 0.148. The van der Waals surface area contributed by atoms with E-state index in [9.17, 15) is 9.59 Å². The molecule has 4 aromatic rings. The molecule has 1 aromatic heterocycles. The van der Waals surface area contributed by atoms with Crippen molar-refractivity contribution in [3.63, 3.8) is 0 Å². The molecule has 164 valence electrons. The van der Waals surface area contributed by atoms with E-state index < -0.39 is 0 Å². The molecule has 6 heteroatoms. The summed E-state index contributed by atoms with van der Waals surface area (Å²) in [6.07, 6.45) is 3.96. The van der Waals surface area contributed by atoms with Gasteiger partial charge in [-0.15, -0.1) is 0 Å². The monoisotopic (exact) mass is 436 g/mol. The fourth-order valence-electron chi connectivity index (χ4n) is 4.08. The molecular formula is C27H24N4O2. The number of fused-ring (bicyclic) bond motifs is 1. The van der Waals surface area contributed by atoms with E-state index in [4.69, 9.17) is 0 Å². The molecule has 0 spiro atoms. The quantitative estimate of drug-likeness (QED) is 0.518. The highest BCUT2D eigenvalue weighted by molar-refractivity contribution is 5.96. The van der Waals surface area contributed by atoms with Crippen LogP contribution in [0.25, 0.3) is 23.1 Å². The van der Waals surface area contributed by atoms with Gasteiger partial charge in [-0.1, -0.05) is 54.6 Å². The largest absolute Gasteiger partial charge is 0.335 e. The Balaban J connectivity index is 1.20. The first-order chi connectivity index (χ1) is 16.2. The molecule has 0 aliphatic carbocycles. The van der Waals surface area contributed by atoms with Crippen LogP contribution in [0.2, 0.25) is 0 Å². The molecule has 1 saturated heterocycles. The number of nitrogens with one attached hydrogen (secondary N) is 1. The van der Waals surface area contributed by atoms with E-state index in [0.717, 1.165) is 22.2 Å². The van der Waals surface area contributed by atoms with Crippen LogP contribution in [-0.2, 0) is 0 Å². The Morgan fingerprint density at radius 1 is 0.697 bits per heavy atom. The van der Waals surface area contributed by atoms with E-state index in [1.54, 1.807) is 0 Å². The second-order valence-electron chi connectivity index (χ2n) is 8.06. The zero-order valence-electron chi connectivity index (χ0n) is 18.1. The number of hydrogen-bond donors (Lipinski definition) is 1. The molecule has 1 fully saturated rings. The first-order valence-electron chi connectivity index (χ1n) is 11.0. The van der Waals surface area contributed by atoms with Crippen molar-refractivity contribution in [2.75, 3.05) is 26.2 Å². The van der Waals surface area contributed by atoms with Crippen LogP contribution in [-0.4, -0.2) is 58.0 Å². The first kappa shape index (κ1) is 20.7. The van der Waals surface area contributed by atoms with E-state index in [2.05, 4.69) is 10.2 Å². The zero-order valence-corrected chi connectivity index (χ0v) is 18.1. The molecule has 0 unspecified atom stereocenters. The van der Waals surface area contributed by atoms with Crippen molar-refractivity contribution in [2.24, 2.45) is 0 Å². The lowest BCUT2D eigenvalue weighted by Gasteiger charge is -2.34. The summed E-state index contributed by atoms with van der Waals surface area (Å²) < 4.78 is 0. The van der Waals surface area contributed by atoms with Crippen LogP contribution in [0.1, 0.15) is 32.0 Å². The molecule has 1 N–H and O–H groups in total. The number of aromatic amines is 1. The van der Waals surface area contributed by atoms with Gasteiger partial charge in [0.05, 0.1) is 11.2 Å². The minimum absolute atomic E-state index is 0.00404. The molecule has 6 nitrogen and oxygen atoms in total. The van der Waals surface area contributed by atoms with E-state index in [1.165, 1.54) is 0 Å². The summed E-state index contributed by atoms with van der Waals surface area (Å²) in [5.41, 5.74) is 4.22. The topological polar surface area (TPSA) is 69.3 Å². The molecule has 0 atom stereocenters. The summed E-state index contributed by atoms with van der Waals surface area (Å²) in [5, 5.41) is 8.46. The number of nitrogens with zero attached hydrogens (tertiary/aromatic N) is 3. The lowest BCUT2D eigenvalue weighted by Crippen LogP contribution is -2.50. The normalized spacial score (nSPS) is 14.2. The number of amides is 2. The van der Waals surface area contributed by atoms with Gasteiger partial charge in [-0.2, -0.15) is 5.10 Å². The molecule has 2 amide bonds. The lowest BCUT2D eigenvalue weighted by atomic mass is 10.1. The van der Waals surface area contributed by atoms with Gasteiger partial charge in [-0.05, 0) is 42.0 Å². The molecule has 2 heterocycles. The smallest absolute Gasteiger partial charge is 0.253 e. The van der Waals surface area contributed by atoms with Crippen molar-refractivity contribution in [1.82, 2.24) is 20.0 Å². The van der Waals surface area contributed by atoms with Gasteiger partial charge in [0.2, 0.25) is 0 Å². The number of carbonyl (C=O) groups excluding carboxylic acids is 2. The number of hydrogen-bond acceptors (Lipinski definition) is 3. The molecule has 0 saturated carbocycles. The third-order valence-electron chi connectivity index (χ3n) is 5.97. The second kappa shape index (κ2) is 9.12. The molecule has 1 aliphatic heterocycles. The zero-order chi connectivity index (χ0) is 22.6. The van der Waals surface area contributed by atoms with E-state index in [-0.39, 0.29) is 11.8 Å². The fourth-order valence-corrected chi connectivity index (χ4v) is 4.08. The van der Waals surface area contributed by atoms with Crippen molar-refractivity contribution in [2.45, 2.75) is 0 Å². The van der Waals surface area contributed by atoms with Gasteiger partial charge in [-0.3, -0.25) is 14.7 Å². The Labute approximate surface area is 192 Å². The highest BCUT2D eigenvalue weighted by Gasteiger charge is 2.25. The number of benzene rings is 3. The Kier molecular flexibility index (Phi) is 5.72. The molecule has 5 rings (SSSR count). The number of aromatic nitrogens is 2. The van der Waals surface area contributed by atoms with Gasteiger partial charge in [0, 0.05) is 42.7 Å². The molecule has 1 aliphatic rings. The van der Waals surface area contributed by atoms with Crippen molar-refractivity contribution < 1.29 is 9.59 Å². The standard InChI is InChI=1S/C27H24N4O2/c32-26(21-6-2-1-3-7-21)30-16-18-31(19-17-30)27(33)22-13-10-20(11-14-22)12-15-25-23-8-4-5-9-24(23)28-29-25/h1-15H,16-19H2,(H,28,29)/b15-12+. The number of rotatable bonds is 4. The SMILES string of the molecule is O=C(c1ccccc1)N1CCN(C(=O)c2ccc(/C=C/c3n[nH]c4ccccc34)cc2)CC1. The number of piperazine rings is 1. The minimum Gasteiger partial charge on any atom is -0.335 e. The highest BCUT2D eigenvalue weighted by Crippen LogP contribution is 2.18. The van der Waals surface area contributed by atoms with Crippen molar-refractivity contribution in [3.05, 3.63) is 101 Å². The maximum atomic E-state index is 12.9. The molecular weight excluding hydrogens is 412 g/mol. The first-order valence-corrected chi connectivity index (χ1v) is 11.0. The summed E-state index contributed by atoms with van der Waals surface area (Å²) in [6, 6.07) is 24.9. The number of para-hydroxylation sites is 1. The summed E-state index contributed by atoms with van der Waals surface area (Å²) in [5.74, 6) is 0.0131. The molecule has 33 heavy (non-hydrogen) atoms. The molecule has 0 bridgehead atoms. The number of carbonyl (C=O) groups is 2. The van der Waals surface area contributed by atoms with Gasteiger partial charge in [0.15, 0.2) is 0 Å². The second-order valence-corrected chi connectivity index (χ2v) is 8.06. The molecule has 3 aromatic carbocycles. The van der Waals surface area contributed by atoms with Crippen molar-refractivity contribution in [1.29, 1.82) is 0 Å². The van der Waals surface area contributed by atoms with Crippen LogP contribution in [0.4, 0.5) is 0 Å². The lowest BCUT2D eigenvalue weighted by molar-refractivity contribution is 0.0535. The Morgan fingerprint density at radius 2 is 1.27 bits per heavy atom. The van der Waals surface area contributed by atoms with Crippen molar-refractivity contribution >= 4 is 34.9 Å². The van der Waals surface area contributed by atoms with Gasteiger partial charge in [0.25, 0.3) is 11.8 Å². The van der Waals surface area contributed by atoms with Crippen LogP contribution in [0.5, 0.6) is 0 Å². The average molecular weight is 437 g/mol. The molecule has 0 radical (unpaired) electrons. The van der Waals surface area contributed by atoms with E-state index >= 15 is 0 Å². The summed E-state index contributed by atoms with van der Waals surface area (Å²) >= 11 is 0. The Hall–Kier alpha value is -4.19. The predicted octanol–water partition coefficient (Wildman–Crippen LogP) is 4.33. The third kappa shape index (κ3) is 4.41. The third-order valence-corrected chi connectivity index (χ3v) is 5.97. The summed E-state index contributed by atoms with van der Waals surface area (Å²) in [6.45, 7) is 2.15. The van der Waals surface area contributed by atoms with Crippen LogP contribution in [0, 0.1) is 0 Å². The van der Waals surface area contributed by atoms with Crippen LogP contribution < -0.4 is 0 Å². The Bertz CT molecular complexity index is 1300. The maximum Gasteiger partial charge on any atom is 0.253 e. The number of H-pyrrole nitrogens is 1. The van der Waals surface area contributed by atoms with Crippen LogP contribution in [0.15, 0.2) is 78.9 Å². The van der Waals surface area contributed by atoms with Crippen LogP contribution >= 0.6 is 0 Å². The van der Waals surface area contributed by atoms with Gasteiger partial charge >= 0.3 is 0 Å². The minimum atomic E-state index is -0.00404. The van der Waals surface area contributed by atoms with E-state index in [0.29, 0.717) is 37.3 Å². The maximum absolute atomic E-state index is 12.9. The van der Waals surface area contributed by atoms with Gasteiger partial charge < -0.3 is 9.80 Å². The Morgan fingerprint density at radius 3 is 1.94 bits per heavy atom. The summed E-state index contributed by atoms with van der Waals surface area (Å²) in [4.78, 5) is 29.2. The van der Waals surface area contributed by atoms with Crippen molar-refractivity contribution in [3.8, 4) is 0 Å². The highest BCUT2D eigenvalue weighted by atomic mass is 16.2.